The molecule has 0 bridgehead atoms. The van der Waals surface area contributed by atoms with Gasteiger partial charge in [-0.2, -0.15) is 0 Å². The number of fused-ring (bicyclic) bond motifs is 1. The Labute approximate surface area is 164 Å². The van der Waals surface area contributed by atoms with Crippen LogP contribution in [-0.2, 0) is 17.3 Å². The Bertz CT molecular complexity index is 816. The Morgan fingerprint density at radius 3 is 2.96 bits per heavy atom. The van der Waals surface area contributed by atoms with Gasteiger partial charge >= 0.3 is 0 Å². The van der Waals surface area contributed by atoms with Crippen LogP contribution in [0.3, 0.4) is 0 Å². The highest BCUT2D eigenvalue weighted by Crippen LogP contribution is 2.23. The third-order valence-electron chi connectivity index (χ3n) is 5.32. The SMILES string of the molecule is CCS(=O)C1CCCC(NC(=NC)NCCn2c(C)nc3ccccc32)C1. The average Bonchev–Trinajstić information content (AvgIpc) is 3.02. The van der Waals surface area contributed by atoms with Gasteiger partial charge in [-0.1, -0.05) is 25.5 Å². The fraction of sp³-hybridized carbons (Fsp3) is 0.600. The Morgan fingerprint density at radius 1 is 1.37 bits per heavy atom. The summed E-state index contributed by atoms with van der Waals surface area (Å²) in [5, 5.41) is 7.26. The molecule has 3 rings (SSSR count). The van der Waals surface area contributed by atoms with E-state index in [2.05, 4.69) is 31.2 Å². The number of imidazole rings is 1. The number of nitrogens with one attached hydrogen (secondary N) is 2. The van der Waals surface area contributed by atoms with E-state index in [1.807, 2.05) is 32.0 Å². The van der Waals surface area contributed by atoms with Gasteiger partial charge in [-0.25, -0.2) is 4.98 Å². The summed E-state index contributed by atoms with van der Waals surface area (Å²) < 4.78 is 14.4. The van der Waals surface area contributed by atoms with Crippen LogP contribution in [0.4, 0.5) is 0 Å². The number of aryl methyl sites for hydroxylation is 1. The molecule has 0 spiro atoms. The van der Waals surface area contributed by atoms with Crippen molar-refractivity contribution in [3.8, 4) is 0 Å². The van der Waals surface area contributed by atoms with Gasteiger partial charge in [0.25, 0.3) is 0 Å². The molecule has 1 aromatic carbocycles. The largest absolute Gasteiger partial charge is 0.355 e. The van der Waals surface area contributed by atoms with Crippen LogP contribution in [0.1, 0.15) is 38.4 Å². The Balaban J connectivity index is 1.53. The fourth-order valence-corrected chi connectivity index (χ4v) is 5.25. The number of rotatable bonds is 6. The topological polar surface area (TPSA) is 71.3 Å². The van der Waals surface area contributed by atoms with Crippen molar-refractivity contribution in [1.82, 2.24) is 20.2 Å². The molecule has 27 heavy (non-hydrogen) atoms. The van der Waals surface area contributed by atoms with Crippen LogP contribution in [0.25, 0.3) is 11.0 Å². The average molecular weight is 390 g/mol. The summed E-state index contributed by atoms with van der Waals surface area (Å²) in [4.78, 5) is 8.99. The molecule has 1 saturated carbocycles. The van der Waals surface area contributed by atoms with Crippen LogP contribution in [0.5, 0.6) is 0 Å². The molecule has 0 aliphatic heterocycles. The Morgan fingerprint density at radius 2 is 2.19 bits per heavy atom. The molecular weight excluding hydrogens is 358 g/mol. The predicted octanol–water partition coefficient (Wildman–Crippen LogP) is 2.59. The van der Waals surface area contributed by atoms with E-state index in [1.54, 1.807) is 7.05 Å². The standard InChI is InChI=1S/C20H31N5OS/c1-4-27(26)17-9-7-8-16(14-17)24-20(21-3)22-12-13-25-15(2)23-18-10-5-6-11-19(18)25/h5-6,10-11,16-17H,4,7-9,12-14H2,1-3H3,(H2,21,22,24). The molecule has 0 radical (unpaired) electrons. The highest BCUT2D eigenvalue weighted by molar-refractivity contribution is 7.85. The minimum atomic E-state index is -0.703. The summed E-state index contributed by atoms with van der Waals surface area (Å²) in [6.45, 7) is 5.66. The van der Waals surface area contributed by atoms with Gasteiger partial charge < -0.3 is 15.2 Å². The molecule has 1 aliphatic rings. The van der Waals surface area contributed by atoms with Gasteiger partial charge in [0.05, 0.1) is 11.0 Å². The van der Waals surface area contributed by atoms with E-state index in [-0.39, 0.29) is 0 Å². The molecule has 6 nitrogen and oxygen atoms in total. The van der Waals surface area contributed by atoms with E-state index in [1.165, 1.54) is 0 Å². The first kappa shape index (κ1) is 19.9. The smallest absolute Gasteiger partial charge is 0.191 e. The van der Waals surface area contributed by atoms with Crippen molar-refractivity contribution >= 4 is 27.8 Å². The number of para-hydroxylation sites is 2. The molecule has 1 aromatic heterocycles. The van der Waals surface area contributed by atoms with E-state index in [0.29, 0.717) is 11.3 Å². The molecule has 2 N–H and O–H groups in total. The Kier molecular flexibility index (Phi) is 6.88. The quantitative estimate of drug-likeness (QED) is 0.588. The first-order chi connectivity index (χ1) is 13.1. The zero-order valence-corrected chi connectivity index (χ0v) is 17.4. The molecule has 0 amide bonds. The van der Waals surface area contributed by atoms with E-state index in [0.717, 1.165) is 67.3 Å². The van der Waals surface area contributed by atoms with E-state index >= 15 is 0 Å². The number of hydrogen-bond acceptors (Lipinski definition) is 3. The summed E-state index contributed by atoms with van der Waals surface area (Å²) in [6.07, 6.45) is 4.29. The summed E-state index contributed by atoms with van der Waals surface area (Å²) in [6, 6.07) is 8.58. The number of aromatic nitrogens is 2. The molecule has 1 aliphatic carbocycles. The van der Waals surface area contributed by atoms with E-state index in [4.69, 9.17) is 0 Å². The molecule has 7 heteroatoms. The van der Waals surface area contributed by atoms with Gasteiger partial charge in [-0.05, 0) is 38.3 Å². The second-order valence-electron chi connectivity index (χ2n) is 7.10. The lowest BCUT2D eigenvalue weighted by atomic mass is 9.95. The second kappa shape index (κ2) is 9.35. The zero-order valence-electron chi connectivity index (χ0n) is 16.6. The van der Waals surface area contributed by atoms with Crippen molar-refractivity contribution in [1.29, 1.82) is 0 Å². The van der Waals surface area contributed by atoms with Gasteiger partial charge in [-0.3, -0.25) is 9.20 Å². The number of guanidine groups is 1. The second-order valence-corrected chi connectivity index (χ2v) is 9.10. The van der Waals surface area contributed by atoms with Crippen molar-refractivity contribution in [3.63, 3.8) is 0 Å². The molecule has 148 valence electrons. The number of hydrogen-bond donors (Lipinski definition) is 2. The molecule has 1 heterocycles. The van der Waals surface area contributed by atoms with Gasteiger partial charge in [0.1, 0.15) is 5.82 Å². The molecule has 2 aromatic rings. The van der Waals surface area contributed by atoms with Gasteiger partial charge in [0.2, 0.25) is 0 Å². The highest BCUT2D eigenvalue weighted by atomic mass is 32.2. The molecule has 3 atom stereocenters. The maximum atomic E-state index is 12.1. The van der Waals surface area contributed by atoms with Crippen molar-refractivity contribution in [2.24, 2.45) is 4.99 Å². The monoisotopic (exact) mass is 389 g/mol. The van der Waals surface area contributed by atoms with E-state index < -0.39 is 10.8 Å². The van der Waals surface area contributed by atoms with Crippen molar-refractivity contribution < 1.29 is 4.21 Å². The summed E-state index contributed by atoms with van der Waals surface area (Å²) in [5.41, 5.74) is 2.20. The third kappa shape index (κ3) is 4.89. The molecule has 1 fully saturated rings. The normalized spacial score (nSPS) is 22.0. The zero-order chi connectivity index (χ0) is 19.2. The van der Waals surface area contributed by atoms with Gasteiger partial charge in [0.15, 0.2) is 5.96 Å². The Hall–Kier alpha value is -1.89. The van der Waals surface area contributed by atoms with Crippen molar-refractivity contribution in [2.45, 2.75) is 57.4 Å². The van der Waals surface area contributed by atoms with Gasteiger partial charge in [-0.15, -0.1) is 0 Å². The summed E-state index contributed by atoms with van der Waals surface area (Å²) >= 11 is 0. The maximum absolute atomic E-state index is 12.1. The van der Waals surface area contributed by atoms with Crippen LogP contribution in [-0.4, -0.2) is 50.4 Å². The third-order valence-corrected chi connectivity index (χ3v) is 7.06. The van der Waals surface area contributed by atoms with Crippen molar-refractivity contribution in [3.05, 3.63) is 30.1 Å². The molecular formula is C20H31N5OS. The number of aliphatic imine (C=N–C) groups is 1. The molecule has 0 saturated heterocycles. The van der Waals surface area contributed by atoms with Crippen LogP contribution >= 0.6 is 0 Å². The van der Waals surface area contributed by atoms with Crippen molar-refractivity contribution in [2.75, 3.05) is 19.3 Å². The van der Waals surface area contributed by atoms with Crippen LogP contribution < -0.4 is 10.6 Å². The lowest BCUT2D eigenvalue weighted by Gasteiger charge is -2.30. The van der Waals surface area contributed by atoms with Crippen LogP contribution in [0, 0.1) is 6.92 Å². The minimum absolute atomic E-state index is 0.319. The van der Waals surface area contributed by atoms with Gasteiger partial charge in [0, 0.05) is 48.0 Å². The minimum Gasteiger partial charge on any atom is -0.355 e. The lowest BCUT2D eigenvalue weighted by Crippen LogP contribution is -2.47. The predicted molar refractivity (Wildman–Crippen MR) is 114 cm³/mol. The first-order valence-electron chi connectivity index (χ1n) is 9.88. The maximum Gasteiger partial charge on any atom is 0.191 e. The number of benzene rings is 1. The fourth-order valence-electron chi connectivity index (χ4n) is 3.90. The molecule has 3 unspecified atom stereocenters. The first-order valence-corrected chi connectivity index (χ1v) is 11.3. The summed E-state index contributed by atoms with van der Waals surface area (Å²) in [7, 11) is 1.10. The lowest BCUT2D eigenvalue weighted by molar-refractivity contribution is 0.413. The summed E-state index contributed by atoms with van der Waals surface area (Å²) in [5.74, 6) is 2.60. The number of nitrogens with zero attached hydrogens (tertiary/aromatic N) is 3. The van der Waals surface area contributed by atoms with Crippen LogP contribution in [0.2, 0.25) is 0 Å². The highest BCUT2D eigenvalue weighted by Gasteiger charge is 2.26. The van der Waals surface area contributed by atoms with Crippen LogP contribution in [0.15, 0.2) is 29.3 Å². The van der Waals surface area contributed by atoms with E-state index in [9.17, 15) is 4.21 Å².